The molecule has 22 heavy (non-hydrogen) atoms. The van der Waals surface area contributed by atoms with E-state index in [4.69, 9.17) is 9.97 Å². The van der Waals surface area contributed by atoms with E-state index in [9.17, 15) is 0 Å². The van der Waals surface area contributed by atoms with Crippen molar-refractivity contribution >= 4 is 22.1 Å². The van der Waals surface area contributed by atoms with Crippen LogP contribution in [0.25, 0.3) is 33.7 Å². The predicted octanol–water partition coefficient (Wildman–Crippen LogP) is 4.30. The highest BCUT2D eigenvalue weighted by Crippen LogP contribution is 2.26. The smallest absolute Gasteiger partial charge is 0.177 e. The molecule has 0 radical (unpaired) electrons. The zero-order chi connectivity index (χ0) is 15.1. The SMILES string of the molecule is CCCn1c(-c2nc3ccccc3[nH]2)nc2c(C)cccc21. The molecule has 4 nitrogen and oxygen atoms in total. The van der Waals surface area contributed by atoms with E-state index in [2.05, 4.69) is 41.6 Å². The molecule has 0 unspecified atom stereocenters. The summed E-state index contributed by atoms with van der Waals surface area (Å²) in [5, 5.41) is 0. The minimum Gasteiger partial charge on any atom is -0.335 e. The van der Waals surface area contributed by atoms with Crippen LogP contribution in [0.1, 0.15) is 18.9 Å². The van der Waals surface area contributed by atoms with Crippen molar-refractivity contribution in [2.45, 2.75) is 26.8 Å². The van der Waals surface area contributed by atoms with E-state index in [0.29, 0.717) is 0 Å². The zero-order valence-electron chi connectivity index (χ0n) is 12.8. The molecule has 2 heterocycles. The van der Waals surface area contributed by atoms with E-state index in [0.717, 1.165) is 41.2 Å². The number of fused-ring (bicyclic) bond motifs is 2. The molecule has 2 aromatic carbocycles. The van der Waals surface area contributed by atoms with Crippen LogP contribution in [-0.4, -0.2) is 19.5 Å². The maximum Gasteiger partial charge on any atom is 0.177 e. The Kier molecular flexibility index (Phi) is 2.96. The summed E-state index contributed by atoms with van der Waals surface area (Å²) in [5.74, 6) is 1.76. The van der Waals surface area contributed by atoms with E-state index < -0.39 is 0 Å². The van der Waals surface area contributed by atoms with Gasteiger partial charge in [-0.3, -0.25) is 0 Å². The molecule has 110 valence electrons. The maximum atomic E-state index is 4.87. The third-order valence-electron chi connectivity index (χ3n) is 4.03. The molecule has 0 aliphatic rings. The molecule has 1 N–H and O–H groups in total. The monoisotopic (exact) mass is 290 g/mol. The van der Waals surface area contributed by atoms with Gasteiger partial charge in [-0.2, -0.15) is 0 Å². The first kappa shape index (κ1) is 13.1. The third kappa shape index (κ3) is 1.91. The van der Waals surface area contributed by atoms with Gasteiger partial charge in [0.15, 0.2) is 11.6 Å². The number of para-hydroxylation sites is 3. The van der Waals surface area contributed by atoms with E-state index >= 15 is 0 Å². The van der Waals surface area contributed by atoms with E-state index in [1.165, 1.54) is 11.1 Å². The second-order valence-corrected chi connectivity index (χ2v) is 5.63. The van der Waals surface area contributed by atoms with Crippen molar-refractivity contribution in [2.24, 2.45) is 0 Å². The fraction of sp³-hybridized carbons (Fsp3) is 0.222. The minimum atomic E-state index is 0.838. The van der Waals surface area contributed by atoms with Gasteiger partial charge in [0.1, 0.15) is 0 Å². The topological polar surface area (TPSA) is 46.5 Å². The van der Waals surface area contributed by atoms with Gasteiger partial charge in [0.25, 0.3) is 0 Å². The molecule has 0 saturated heterocycles. The predicted molar refractivity (Wildman–Crippen MR) is 89.8 cm³/mol. The van der Waals surface area contributed by atoms with Crippen LogP contribution in [0.15, 0.2) is 42.5 Å². The zero-order valence-corrected chi connectivity index (χ0v) is 12.8. The maximum absolute atomic E-state index is 4.87. The van der Waals surface area contributed by atoms with Gasteiger partial charge in [0.2, 0.25) is 0 Å². The molecule has 0 aliphatic carbocycles. The number of aromatic amines is 1. The summed E-state index contributed by atoms with van der Waals surface area (Å²) in [7, 11) is 0. The van der Waals surface area contributed by atoms with Gasteiger partial charge < -0.3 is 9.55 Å². The number of aryl methyl sites for hydroxylation is 2. The average Bonchev–Trinajstić information content (AvgIpc) is 3.10. The number of H-pyrrole nitrogens is 1. The molecule has 0 atom stereocenters. The fourth-order valence-electron chi connectivity index (χ4n) is 2.98. The van der Waals surface area contributed by atoms with Crippen LogP contribution in [0.3, 0.4) is 0 Å². The summed E-state index contributed by atoms with van der Waals surface area (Å²) < 4.78 is 2.26. The highest BCUT2D eigenvalue weighted by atomic mass is 15.1. The number of nitrogens with zero attached hydrogens (tertiary/aromatic N) is 3. The van der Waals surface area contributed by atoms with Crippen molar-refractivity contribution in [2.75, 3.05) is 0 Å². The lowest BCUT2D eigenvalue weighted by Gasteiger charge is -2.05. The largest absolute Gasteiger partial charge is 0.335 e. The lowest BCUT2D eigenvalue weighted by molar-refractivity contribution is 0.701. The highest BCUT2D eigenvalue weighted by molar-refractivity contribution is 5.84. The van der Waals surface area contributed by atoms with Gasteiger partial charge in [-0.05, 0) is 37.1 Å². The summed E-state index contributed by atoms with van der Waals surface area (Å²) >= 11 is 0. The van der Waals surface area contributed by atoms with Crippen LogP contribution in [0.5, 0.6) is 0 Å². The summed E-state index contributed by atoms with van der Waals surface area (Å²) in [4.78, 5) is 13.0. The number of nitrogens with one attached hydrogen (secondary N) is 1. The first-order valence-electron chi connectivity index (χ1n) is 7.69. The molecule has 0 saturated carbocycles. The summed E-state index contributed by atoms with van der Waals surface area (Å²) in [6, 6.07) is 14.4. The summed E-state index contributed by atoms with van der Waals surface area (Å²) in [6.07, 6.45) is 1.06. The molecule has 4 heteroatoms. The van der Waals surface area contributed by atoms with Crippen LogP contribution in [-0.2, 0) is 6.54 Å². The lowest BCUT2D eigenvalue weighted by atomic mass is 10.2. The molecular formula is C18H18N4. The van der Waals surface area contributed by atoms with E-state index in [1.807, 2.05) is 24.3 Å². The summed E-state index contributed by atoms with van der Waals surface area (Å²) in [6.45, 7) is 5.23. The Balaban J connectivity index is 2.00. The Bertz CT molecular complexity index is 929. The molecule has 0 bridgehead atoms. The van der Waals surface area contributed by atoms with Crippen molar-refractivity contribution in [3.05, 3.63) is 48.0 Å². The molecule has 0 fully saturated rings. The quantitative estimate of drug-likeness (QED) is 0.611. The number of hydrogen-bond donors (Lipinski definition) is 1. The van der Waals surface area contributed by atoms with Gasteiger partial charge in [-0.15, -0.1) is 0 Å². The van der Waals surface area contributed by atoms with Crippen molar-refractivity contribution in [3.63, 3.8) is 0 Å². The molecule has 2 aromatic heterocycles. The fourth-order valence-corrected chi connectivity index (χ4v) is 2.98. The van der Waals surface area contributed by atoms with E-state index in [1.54, 1.807) is 0 Å². The molecule has 0 spiro atoms. The Labute approximate surface area is 128 Å². The number of benzene rings is 2. The first-order valence-corrected chi connectivity index (χ1v) is 7.69. The van der Waals surface area contributed by atoms with Gasteiger partial charge in [-0.25, -0.2) is 9.97 Å². The van der Waals surface area contributed by atoms with Crippen LogP contribution >= 0.6 is 0 Å². The van der Waals surface area contributed by atoms with Crippen LogP contribution in [0.2, 0.25) is 0 Å². The highest BCUT2D eigenvalue weighted by Gasteiger charge is 2.16. The normalized spacial score (nSPS) is 11.5. The molecule has 0 aliphatic heterocycles. The summed E-state index contributed by atoms with van der Waals surface area (Å²) in [5.41, 5.74) is 5.46. The van der Waals surface area contributed by atoms with Gasteiger partial charge in [-0.1, -0.05) is 31.2 Å². The Morgan fingerprint density at radius 3 is 2.73 bits per heavy atom. The van der Waals surface area contributed by atoms with Crippen LogP contribution < -0.4 is 0 Å². The van der Waals surface area contributed by atoms with Crippen molar-refractivity contribution in [3.8, 4) is 11.6 Å². The van der Waals surface area contributed by atoms with Crippen LogP contribution in [0.4, 0.5) is 0 Å². The number of aromatic nitrogens is 4. The third-order valence-corrected chi connectivity index (χ3v) is 4.03. The van der Waals surface area contributed by atoms with Gasteiger partial charge in [0, 0.05) is 6.54 Å². The molecule has 0 amide bonds. The van der Waals surface area contributed by atoms with Crippen molar-refractivity contribution in [1.29, 1.82) is 0 Å². The minimum absolute atomic E-state index is 0.838. The van der Waals surface area contributed by atoms with Crippen LogP contribution in [0, 0.1) is 6.92 Å². The van der Waals surface area contributed by atoms with E-state index in [-0.39, 0.29) is 0 Å². The number of hydrogen-bond acceptors (Lipinski definition) is 2. The first-order chi connectivity index (χ1) is 10.8. The number of rotatable bonds is 3. The Hall–Kier alpha value is -2.62. The second kappa shape index (κ2) is 4.98. The standard InChI is InChI=1S/C18H18N4/c1-3-11-22-15-10-6-7-12(2)16(15)21-18(22)17-19-13-8-4-5-9-14(13)20-17/h4-10H,3,11H2,1-2H3,(H,19,20). The van der Waals surface area contributed by atoms with Gasteiger partial charge in [0.05, 0.1) is 22.1 Å². The Morgan fingerprint density at radius 1 is 1.05 bits per heavy atom. The molecule has 4 rings (SSSR count). The van der Waals surface area contributed by atoms with Crippen molar-refractivity contribution in [1.82, 2.24) is 19.5 Å². The average molecular weight is 290 g/mol. The number of imidazole rings is 2. The second-order valence-electron chi connectivity index (χ2n) is 5.63. The van der Waals surface area contributed by atoms with Crippen molar-refractivity contribution < 1.29 is 0 Å². The Morgan fingerprint density at radius 2 is 1.91 bits per heavy atom. The molecular weight excluding hydrogens is 272 g/mol. The lowest BCUT2D eigenvalue weighted by Crippen LogP contribution is -2.00. The molecule has 4 aromatic rings. The van der Waals surface area contributed by atoms with Gasteiger partial charge >= 0.3 is 0 Å².